The van der Waals surface area contributed by atoms with Crippen molar-refractivity contribution in [1.29, 1.82) is 0 Å². The summed E-state index contributed by atoms with van der Waals surface area (Å²) in [5.74, 6) is 0.707. The van der Waals surface area contributed by atoms with Crippen molar-refractivity contribution >= 4 is 29.2 Å². The van der Waals surface area contributed by atoms with E-state index in [-0.39, 0.29) is 11.9 Å². The number of nitrogens with one attached hydrogen (secondary N) is 2. The minimum Gasteiger partial charge on any atom is -0.440 e. The van der Waals surface area contributed by atoms with Gasteiger partial charge in [-0.05, 0) is 38.8 Å². The minimum absolute atomic E-state index is 0.168. The van der Waals surface area contributed by atoms with Crippen LogP contribution in [0.15, 0.2) is 22.7 Å². The second-order valence-electron chi connectivity index (χ2n) is 6.59. The van der Waals surface area contributed by atoms with E-state index in [1.165, 1.54) is 0 Å². The Hall–Kier alpha value is -2.41. The molecule has 7 nitrogen and oxygen atoms in total. The van der Waals surface area contributed by atoms with Crippen LogP contribution in [0.3, 0.4) is 0 Å². The lowest BCUT2D eigenvalue weighted by molar-refractivity contribution is -0.105. The van der Waals surface area contributed by atoms with Gasteiger partial charge in [0.1, 0.15) is 11.3 Å². The Morgan fingerprint density at radius 1 is 1.38 bits per heavy atom. The summed E-state index contributed by atoms with van der Waals surface area (Å²) >= 11 is 0. The van der Waals surface area contributed by atoms with E-state index in [4.69, 9.17) is 4.42 Å². The van der Waals surface area contributed by atoms with E-state index >= 15 is 0 Å². The Morgan fingerprint density at radius 2 is 2.17 bits per heavy atom. The van der Waals surface area contributed by atoms with Crippen molar-refractivity contribution in [2.24, 2.45) is 5.92 Å². The molecule has 0 unspecified atom stereocenters. The molecule has 2 bridgehead atoms. The number of anilines is 1. The lowest BCUT2D eigenvalue weighted by Crippen LogP contribution is -2.62. The van der Waals surface area contributed by atoms with Crippen LogP contribution in [-0.2, 0) is 4.79 Å². The molecular formula is C17H20N4O3. The Morgan fingerprint density at radius 3 is 2.88 bits per heavy atom. The molecule has 2 N–H and O–H groups in total. The van der Waals surface area contributed by atoms with Gasteiger partial charge in [0.25, 0.3) is 5.91 Å². The molecule has 0 spiro atoms. The topological polar surface area (TPSA) is 87.5 Å². The van der Waals surface area contributed by atoms with Gasteiger partial charge in [0.2, 0.25) is 12.3 Å². The Balaban J connectivity index is 1.53. The molecule has 24 heavy (non-hydrogen) atoms. The fourth-order valence-corrected chi connectivity index (χ4v) is 3.96. The molecular weight excluding hydrogens is 308 g/mol. The van der Waals surface area contributed by atoms with Gasteiger partial charge in [-0.15, -0.1) is 0 Å². The molecule has 2 aromatic heterocycles. The molecule has 5 rings (SSSR count). The highest BCUT2D eigenvalue weighted by Gasteiger charge is 2.40. The SMILES string of the molecule is C[C@H]1[C@H](NC(=O)c2cc3oc(NC=O)cc3cn2)C2CCN1CC2. The van der Waals surface area contributed by atoms with Gasteiger partial charge < -0.3 is 9.73 Å². The number of aromatic nitrogens is 1. The first kappa shape index (κ1) is 15.1. The van der Waals surface area contributed by atoms with Crippen molar-refractivity contribution in [2.75, 3.05) is 18.4 Å². The van der Waals surface area contributed by atoms with Crippen LogP contribution in [0.1, 0.15) is 30.3 Å². The van der Waals surface area contributed by atoms with Gasteiger partial charge in [0.15, 0.2) is 0 Å². The molecule has 3 aliphatic heterocycles. The second-order valence-corrected chi connectivity index (χ2v) is 6.59. The number of piperidine rings is 3. The number of pyridine rings is 1. The number of rotatable bonds is 4. The van der Waals surface area contributed by atoms with E-state index in [2.05, 4.69) is 27.4 Å². The zero-order valence-electron chi connectivity index (χ0n) is 13.5. The first-order valence-corrected chi connectivity index (χ1v) is 8.30. The predicted octanol–water partition coefficient (Wildman–Crippen LogP) is 1.61. The van der Waals surface area contributed by atoms with Crippen LogP contribution in [-0.4, -0.2) is 47.4 Å². The van der Waals surface area contributed by atoms with E-state index in [9.17, 15) is 9.59 Å². The average Bonchev–Trinajstić information content (AvgIpc) is 3.00. The fraction of sp³-hybridized carbons (Fsp3) is 0.471. The average molecular weight is 328 g/mol. The summed E-state index contributed by atoms with van der Waals surface area (Å²) < 4.78 is 5.49. The van der Waals surface area contributed by atoms with E-state index in [1.54, 1.807) is 18.3 Å². The van der Waals surface area contributed by atoms with Crippen molar-refractivity contribution in [3.8, 4) is 0 Å². The summed E-state index contributed by atoms with van der Waals surface area (Å²) in [5.41, 5.74) is 0.861. The maximum absolute atomic E-state index is 12.6. The van der Waals surface area contributed by atoms with E-state index < -0.39 is 0 Å². The van der Waals surface area contributed by atoms with Crippen LogP contribution in [0.25, 0.3) is 11.0 Å². The molecule has 2 amide bonds. The van der Waals surface area contributed by atoms with Crippen molar-refractivity contribution in [2.45, 2.75) is 31.8 Å². The molecule has 3 aliphatic rings. The largest absolute Gasteiger partial charge is 0.440 e. The van der Waals surface area contributed by atoms with Gasteiger partial charge in [0, 0.05) is 35.8 Å². The quantitative estimate of drug-likeness (QED) is 0.833. The Bertz CT molecular complexity index is 777. The predicted molar refractivity (Wildman–Crippen MR) is 88.7 cm³/mol. The van der Waals surface area contributed by atoms with Gasteiger partial charge in [-0.25, -0.2) is 0 Å². The highest BCUT2D eigenvalue weighted by atomic mass is 16.4. The molecule has 0 saturated carbocycles. The maximum atomic E-state index is 12.6. The highest BCUT2D eigenvalue weighted by molar-refractivity contribution is 5.96. The van der Waals surface area contributed by atoms with Gasteiger partial charge >= 0.3 is 0 Å². The van der Waals surface area contributed by atoms with E-state index in [1.807, 2.05) is 0 Å². The molecule has 3 saturated heterocycles. The Kier molecular flexibility index (Phi) is 3.72. The minimum atomic E-state index is -0.177. The molecule has 2 atom stereocenters. The molecule has 3 fully saturated rings. The molecule has 0 radical (unpaired) electrons. The number of hydrogen-bond acceptors (Lipinski definition) is 5. The number of carbonyl (C=O) groups excluding carboxylic acids is 2. The van der Waals surface area contributed by atoms with Crippen molar-refractivity contribution in [3.63, 3.8) is 0 Å². The van der Waals surface area contributed by atoms with Crippen molar-refractivity contribution < 1.29 is 14.0 Å². The molecule has 2 aromatic rings. The van der Waals surface area contributed by atoms with Crippen LogP contribution in [0.5, 0.6) is 0 Å². The molecule has 126 valence electrons. The first-order valence-electron chi connectivity index (χ1n) is 8.30. The summed E-state index contributed by atoms with van der Waals surface area (Å²) in [5, 5.41) is 6.35. The summed E-state index contributed by atoms with van der Waals surface area (Å²) in [6.07, 6.45) is 4.42. The van der Waals surface area contributed by atoms with E-state index in [0.29, 0.717) is 35.5 Å². The summed E-state index contributed by atoms with van der Waals surface area (Å²) in [6, 6.07) is 3.82. The maximum Gasteiger partial charge on any atom is 0.270 e. The monoisotopic (exact) mass is 328 g/mol. The third-order valence-electron chi connectivity index (χ3n) is 5.31. The number of nitrogens with zero attached hydrogens (tertiary/aromatic N) is 2. The summed E-state index contributed by atoms with van der Waals surface area (Å²) in [6.45, 7) is 4.43. The zero-order valence-corrected chi connectivity index (χ0v) is 13.5. The number of fused-ring (bicyclic) bond motifs is 4. The Labute approximate surface area is 139 Å². The third-order valence-corrected chi connectivity index (χ3v) is 5.31. The van der Waals surface area contributed by atoms with Gasteiger partial charge in [-0.2, -0.15) is 0 Å². The zero-order chi connectivity index (χ0) is 16.7. The van der Waals surface area contributed by atoms with Crippen molar-refractivity contribution in [1.82, 2.24) is 15.2 Å². The number of carbonyl (C=O) groups is 2. The van der Waals surface area contributed by atoms with Gasteiger partial charge in [-0.1, -0.05) is 0 Å². The smallest absolute Gasteiger partial charge is 0.270 e. The summed E-state index contributed by atoms with van der Waals surface area (Å²) in [7, 11) is 0. The lowest BCUT2D eigenvalue weighted by Gasteiger charge is -2.49. The van der Waals surface area contributed by atoms with Gasteiger partial charge in [-0.3, -0.25) is 24.8 Å². The van der Waals surface area contributed by atoms with Crippen LogP contribution < -0.4 is 10.6 Å². The molecule has 5 heterocycles. The molecule has 0 aliphatic carbocycles. The standard InChI is InChI=1S/C17H20N4O3/c1-10-16(11-2-4-21(10)5-3-11)20-17(23)13-7-14-12(8-18-13)6-15(24-14)19-9-22/h6-11,16H,2-5H2,1H3,(H,19,22)(H,20,23)/t10-,16-/m0/s1. The fourth-order valence-electron chi connectivity index (χ4n) is 3.96. The summed E-state index contributed by atoms with van der Waals surface area (Å²) in [4.78, 5) is 29.8. The van der Waals surface area contributed by atoms with Gasteiger partial charge in [0.05, 0.1) is 0 Å². The van der Waals surface area contributed by atoms with Crippen LogP contribution in [0.4, 0.5) is 5.88 Å². The van der Waals surface area contributed by atoms with Crippen LogP contribution in [0, 0.1) is 5.92 Å². The van der Waals surface area contributed by atoms with Crippen LogP contribution >= 0.6 is 0 Å². The first-order chi connectivity index (χ1) is 11.7. The molecule has 0 aromatic carbocycles. The normalized spacial score (nSPS) is 28.7. The third kappa shape index (κ3) is 2.54. The molecule has 7 heteroatoms. The number of amides is 2. The van der Waals surface area contributed by atoms with Crippen LogP contribution in [0.2, 0.25) is 0 Å². The lowest BCUT2D eigenvalue weighted by atomic mass is 9.79. The number of furan rings is 1. The van der Waals surface area contributed by atoms with E-state index in [0.717, 1.165) is 31.3 Å². The van der Waals surface area contributed by atoms with Crippen molar-refractivity contribution in [3.05, 3.63) is 24.0 Å². The number of hydrogen-bond donors (Lipinski definition) is 2. The second kappa shape index (κ2) is 5.90. The highest BCUT2D eigenvalue weighted by Crippen LogP contribution is 2.32.